The molecule has 0 saturated heterocycles. The van der Waals surface area contributed by atoms with E-state index in [9.17, 15) is 0 Å². The first-order chi connectivity index (χ1) is 3.43. The van der Waals surface area contributed by atoms with Gasteiger partial charge < -0.3 is 4.74 Å². The highest BCUT2D eigenvalue weighted by Gasteiger charge is 2.01. The maximum absolute atomic E-state index is 4.94. The van der Waals surface area contributed by atoms with Crippen LogP contribution in [0.25, 0.3) is 0 Å². The van der Waals surface area contributed by atoms with Crippen LogP contribution in [-0.4, -0.2) is 18.8 Å². The zero-order chi connectivity index (χ0) is 5.11. The number of nitrogens with zero attached hydrogens (tertiary/aromatic N) is 1. The Morgan fingerprint density at radius 1 is 1.86 bits per heavy atom. The molecule has 38 valence electrons. The van der Waals surface area contributed by atoms with Gasteiger partial charge in [0.05, 0.1) is 13.9 Å². The Balaban J connectivity index is 2.51. The molecule has 7 heavy (non-hydrogen) atoms. The fourth-order valence-corrected chi connectivity index (χ4v) is 1.01. The van der Waals surface area contributed by atoms with Gasteiger partial charge in [0.1, 0.15) is 6.61 Å². The lowest BCUT2D eigenvalue weighted by Gasteiger charge is -1.85. The van der Waals surface area contributed by atoms with Crippen molar-refractivity contribution in [2.75, 3.05) is 13.2 Å². The molecule has 1 rings (SSSR count). The van der Waals surface area contributed by atoms with E-state index in [-0.39, 0.29) is 0 Å². The van der Waals surface area contributed by atoms with Gasteiger partial charge in [0.2, 0.25) is 5.64 Å². The van der Waals surface area contributed by atoms with E-state index in [1.54, 1.807) is 0 Å². The lowest BCUT2D eigenvalue weighted by Crippen LogP contribution is -1.86. The van der Waals surface area contributed by atoms with Crippen molar-refractivity contribution < 1.29 is 4.74 Å². The van der Waals surface area contributed by atoms with Gasteiger partial charge in [-0.3, -0.25) is 0 Å². The lowest BCUT2D eigenvalue weighted by atomic mass is 10.8. The van der Waals surface area contributed by atoms with E-state index in [2.05, 4.69) is 16.8 Å². The van der Waals surface area contributed by atoms with Crippen LogP contribution in [0, 0.1) is 0 Å². The summed E-state index contributed by atoms with van der Waals surface area (Å²) in [5.41, 5.74) is 0.704. The molecule has 0 fully saturated rings. The van der Waals surface area contributed by atoms with E-state index in [0.29, 0.717) is 5.64 Å². The molecular weight excluding hydrogens is 129 g/mol. The Morgan fingerprint density at radius 3 is 3.00 bits per heavy atom. The summed E-state index contributed by atoms with van der Waals surface area (Å²) in [7, 11) is 0.733. The van der Waals surface area contributed by atoms with Gasteiger partial charge >= 0.3 is 0 Å². The Morgan fingerprint density at radius 2 is 2.71 bits per heavy atom. The lowest BCUT2D eigenvalue weighted by molar-refractivity contribution is 0.356. The summed E-state index contributed by atoms with van der Waals surface area (Å²) in [4.78, 5) is 3.93. The molecular formula is C3H4NOPS. The normalized spacial score (nSPS) is 19.1. The summed E-state index contributed by atoms with van der Waals surface area (Å²) >= 11 is 4.63. The van der Waals surface area contributed by atoms with Gasteiger partial charge in [-0.25, -0.2) is 4.99 Å². The van der Waals surface area contributed by atoms with Crippen LogP contribution in [0.5, 0.6) is 0 Å². The maximum atomic E-state index is 4.94. The molecule has 0 atom stereocenters. The van der Waals surface area contributed by atoms with Crippen LogP contribution in [0.3, 0.4) is 0 Å². The summed E-state index contributed by atoms with van der Waals surface area (Å²) in [5, 5.41) is 0. The second-order valence-corrected chi connectivity index (χ2v) is 2.22. The molecule has 0 radical (unpaired) electrons. The molecule has 0 aromatic rings. The number of hydrogen-bond donors (Lipinski definition) is 0. The maximum Gasteiger partial charge on any atom is 0.247 e. The Hall–Kier alpha value is -0.0100. The number of aliphatic imine (C=N–C) groups is 1. The predicted molar refractivity (Wildman–Crippen MR) is 32.5 cm³/mol. The quantitative estimate of drug-likeness (QED) is 0.493. The van der Waals surface area contributed by atoms with Gasteiger partial charge in [0, 0.05) is 0 Å². The molecule has 1 aliphatic rings. The second kappa shape index (κ2) is 2.34. The largest absolute Gasteiger partial charge is 0.472 e. The van der Waals surface area contributed by atoms with Gasteiger partial charge in [-0.15, -0.1) is 0 Å². The summed E-state index contributed by atoms with van der Waals surface area (Å²) in [6, 6.07) is 0. The Labute approximate surface area is 48.4 Å². The SMILES string of the molecule is S=PC1=NCCO1. The van der Waals surface area contributed by atoms with Gasteiger partial charge in [0.15, 0.2) is 0 Å². The third-order valence-corrected chi connectivity index (χ3v) is 1.54. The first-order valence-electron chi connectivity index (χ1n) is 1.94. The van der Waals surface area contributed by atoms with Crippen LogP contribution >= 0.6 is 7.36 Å². The van der Waals surface area contributed by atoms with Crippen LogP contribution in [0.1, 0.15) is 0 Å². The number of rotatable bonds is 1. The summed E-state index contributed by atoms with van der Waals surface area (Å²) in [5.74, 6) is 0. The van der Waals surface area contributed by atoms with Gasteiger partial charge in [-0.05, 0) is 11.8 Å². The molecule has 0 unspecified atom stereocenters. The fraction of sp³-hybridized carbons (Fsp3) is 0.667. The summed E-state index contributed by atoms with van der Waals surface area (Å²) in [6.07, 6.45) is 0. The van der Waals surface area contributed by atoms with Crippen molar-refractivity contribution in [1.29, 1.82) is 0 Å². The van der Waals surface area contributed by atoms with E-state index >= 15 is 0 Å². The van der Waals surface area contributed by atoms with Crippen molar-refractivity contribution >= 4 is 24.8 Å². The molecule has 1 heterocycles. The van der Waals surface area contributed by atoms with Crippen LogP contribution in [0.15, 0.2) is 4.99 Å². The molecule has 0 aromatic carbocycles. The van der Waals surface area contributed by atoms with Crippen molar-refractivity contribution in [2.45, 2.75) is 0 Å². The minimum absolute atomic E-state index is 0.704. The van der Waals surface area contributed by atoms with E-state index in [0.717, 1.165) is 20.5 Å². The molecule has 0 N–H and O–H groups in total. The van der Waals surface area contributed by atoms with Crippen molar-refractivity contribution in [2.24, 2.45) is 4.99 Å². The molecule has 4 heteroatoms. The molecule has 0 spiro atoms. The van der Waals surface area contributed by atoms with E-state index in [4.69, 9.17) is 4.74 Å². The minimum atomic E-state index is 0.704. The molecule has 1 aliphatic heterocycles. The van der Waals surface area contributed by atoms with Crippen molar-refractivity contribution in [3.63, 3.8) is 0 Å². The third-order valence-electron chi connectivity index (χ3n) is 0.648. The first kappa shape index (κ1) is 5.13. The van der Waals surface area contributed by atoms with E-state index in [1.165, 1.54) is 0 Å². The topological polar surface area (TPSA) is 21.6 Å². The highest BCUT2D eigenvalue weighted by atomic mass is 32.4. The smallest absolute Gasteiger partial charge is 0.247 e. The monoisotopic (exact) mass is 133 g/mol. The molecule has 2 nitrogen and oxygen atoms in total. The minimum Gasteiger partial charge on any atom is -0.472 e. The Bertz CT molecular complexity index is 114. The standard InChI is InChI=1S/C3H4NOPS/c7-6-3-4-1-2-5-3/h1-2H2. The molecule has 0 amide bonds. The van der Waals surface area contributed by atoms with E-state index < -0.39 is 0 Å². The second-order valence-electron chi connectivity index (χ2n) is 1.10. The van der Waals surface area contributed by atoms with Crippen molar-refractivity contribution in [3.05, 3.63) is 0 Å². The highest BCUT2D eigenvalue weighted by Crippen LogP contribution is 2.04. The van der Waals surface area contributed by atoms with Crippen LogP contribution < -0.4 is 0 Å². The molecule has 0 aromatic heterocycles. The average Bonchev–Trinajstić information content (AvgIpc) is 2.14. The molecule has 0 saturated carbocycles. The zero-order valence-corrected chi connectivity index (χ0v) is 5.34. The first-order valence-corrected chi connectivity index (χ1v) is 3.85. The van der Waals surface area contributed by atoms with Crippen LogP contribution in [-0.2, 0) is 16.5 Å². The van der Waals surface area contributed by atoms with Gasteiger partial charge in [-0.2, -0.15) is 0 Å². The Kier molecular flexibility index (Phi) is 1.71. The van der Waals surface area contributed by atoms with Crippen LogP contribution in [0.2, 0.25) is 0 Å². The average molecular weight is 133 g/mol. The fourth-order valence-electron chi connectivity index (χ4n) is 0.379. The third kappa shape index (κ3) is 1.18. The van der Waals surface area contributed by atoms with E-state index in [1.807, 2.05) is 0 Å². The van der Waals surface area contributed by atoms with Gasteiger partial charge in [-0.1, -0.05) is 0 Å². The molecule has 0 bridgehead atoms. The predicted octanol–water partition coefficient (Wildman–Crippen LogP) is 0.781. The number of ether oxygens (including phenoxy) is 1. The highest BCUT2D eigenvalue weighted by molar-refractivity contribution is 8.03. The zero-order valence-electron chi connectivity index (χ0n) is 3.63. The number of hydrogen-bond acceptors (Lipinski definition) is 3. The molecule has 0 aliphatic carbocycles. The summed E-state index contributed by atoms with van der Waals surface area (Å²) < 4.78 is 4.94. The van der Waals surface area contributed by atoms with Crippen molar-refractivity contribution in [3.8, 4) is 0 Å². The van der Waals surface area contributed by atoms with Crippen molar-refractivity contribution in [1.82, 2.24) is 0 Å². The summed E-state index contributed by atoms with van der Waals surface area (Å²) in [6.45, 7) is 1.51. The van der Waals surface area contributed by atoms with Crippen LogP contribution in [0.4, 0.5) is 0 Å². The van der Waals surface area contributed by atoms with Gasteiger partial charge in [0.25, 0.3) is 0 Å².